The average Bonchev–Trinajstić information content (AvgIpc) is 2.88. The Labute approximate surface area is 90.8 Å². The fourth-order valence-electron chi connectivity index (χ4n) is 3.37. The Morgan fingerprint density at radius 1 is 1.07 bits per heavy atom. The summed E-state index contributed by atoms with van der Waals surface area (Å²) >= 11 is 0. The summed E-state index contributed by atoms with van der Waals surface area (Å²) in [5.41, 5.74) is -0.654. The van der Waals surface area contributed by atoms with E-state index in [1.807, 2.05) is 0 Å². The normalized spacial score (nSPS) is 48.1. The van der Waals surface area contributed by atoms with Crippen LogP contribution in [0.2, 0.25) is 0 Å². The monoisotopic (exact) mass is 230 g/mol. The molecule has 2 atom stereocenters. The molecule has 2 bridgehead atoms. The van der Waals surface area contributed by atoms with E-state index in [4.69, 9.17) is 0 Å². The first-order valence-electron chi connectivity index (χ1n) is 5.95. The zero-order chi connectivity index (χ0) is 10.7. The van der Waals surface area contributed by atoms with Crippen molar-refractivity contribution in [2.75, 3.05) is 0 Å². The molecule has 2 saturated heterocycles. The van der Waals surface area contributed by atoms with Gasteiger partial charge < -0.3 is 5.11 Å². The minimum atomic E-state index is -2.88. The summed E-state index contributed by atoms with van der Waals surface area (Å²) in [6, 6.07) is 0. The zero-order valence-corrected chi connectivity index (χ0v) is 9.67. The van der Waals surface area contributed by atoms with E-state index in [9.17, 15) is 13.5 Å². The summed E-state index contributed by atoms with van der Waals surface area (Å²) in [6.45, 7) is 0. The van der Waals surface area contributed by atoms with Crippen molar-refractivity contribution in [3.05, 3.63) is 0 Å². The van der Waals surface area contributed by atoms with Crippen LogP contribution in [0.1, 0.15) is 44.9 Å². The third-order valence-corrected chi connectivity index (χ3v) is 6.98. The van der Waals surface area contributed by atoms with E-state index in [0.717, 1.165) is 19.3 Å². The Balaban J connectivity index is 1.81. The zero-order valence-electron chi connectivity index (χ0n) is 8.85. The van der Waals surface area contributed by atoms with Crippen LogP contribution in [0.4, 0.5) is 0 Å². The SMILES string of the molecule is O=S1(=O)C2CCC1CC(O)(CC1CC1)C2. The number of aliphatic hydroxyl groups is 1. The summed E-state index contributed by atoms with van der Waals surface area (Å²) < 4.78 is 23.7. The lowest BCUT2D eigenvalue weighted by molar-refractivity contribution is 0.00806. The van der Waals surface area contributed by atoms with Crippen LogP contribution < -0.4 is 0 Å². The van der Waals surface area contributed by atoms with Crippen LogP contribution in [0.3, 0.4) is 0 Å². The van der Waals surface area contributed by atoms with Gasteiger partial charge in [-0.1, -0.05) is 12.8 Å². The maximum absolute atomic E-state index is 11.9. The highest BCUT2D eigenvalue weighted by Crippen LogP contribution is 2.48. The first-order valence-corrected chi connectivity index (χ1v) is 7.56. The molecule has 3 rings (SSSR count). The molecule has 0 spiro atoms. The van der Waals surface area contributed by atoms with Crippen LogP contribution >= 0.6 is 0 Å². The standard InChI is InChI=1S/C11H18O3S/c12-11(5-8-1-2-8)6-9-3-4-10(7-11)15(9,13)14/h8-10,12H,1-7H2. The van der Waals surface area contributed by atoms with E-state index in [1.54, 1.807) is 0 Å². The topological polar surface area (TPSA) is 54.4 Å². The van der Waals surface area contributed by atoms with Gasteiger partial charge >= 0.3 is 0 Å². The van der Waals surface area contributed by atoms with Gasteiger partial charge in [0.05, 0.1) is 16.1 Å². The molecule has 3 fully saturated rings. The van der Waals surface area contributed by atoms with Gasteiger partial charge in [-0.05, 0) is 38.0 Å². The van der Waals surface area contributed by atoms with Gasteiger partial charge in [0.25, 0.3) is 0 Å². The molecule has 3 aliphatic rings. The second-order valence-corrected chi connectivity index (χ2v) is 8.20. The van der Waals surface area contributed by atoms with Crippen LogP contribution in [0.25, 0.3) is 0 Å². The Morgan fingerprint density at radius 2 is 1.60 bits per heavy atom. The fraction of sp³-hybridized carbons (Fsp3) is 1.00. The Kier molecular flexibility index (Phi) is 2.00. The molecule has 2 heterocycles. The molecule has 1 saturated carbocycles. The predicted octanol–water partition coefficient (Wildman–Crippen LogP) is 1.26. The highest BCUT2D eigenvalue weighted by Gasteiger charge is 2.53. The van der Waals surface area contributed by atoms with Gasteiger partial charge in [-0.2, -0.15) is 0 Å². The lowest BCUT2D eigenvalue weighted by Crippen LogP contribution is -2.45. The first-order chi connectivity index (χ1) is 7.00. The number of fused-ring (bicyclic) bond motifs is 2. The van der Waals surface area contributed by atoms with Crippen molar-refractivity contribution in [2.24, 2.45) is 5.92 Å². The Morgan fingerprint density at radius 3 is 2.07 bits per heavy atom. The lowest BCUT2D eigenvalue weighted by Gasteiger charge is -2.36. The second kappa shape index (κ2) is 2.98. The van der Waals surface area contributed by atoms with Crippen molar-refractivity contribution >= 4 is 9.84 Å². The van der Waals surface area contributed by atoms with Gasteiger partial charge in [-0.25, -0.2) is 8.42 Å². The summed E-state index contributed by atoms with van der Waals surface area (Å²) in [6.07, 6.45) is 5.86. The van der Waals surface area contributed by atoms with Gasteiger partial charge in [0, 0.05) is 0 Å². The highest BCUT2D eigenvalue weighted by molar-refractivity contribution is 7.93. The van der Waals surface area contributed by atoms with Crippen LogP contribution in [0.15, 0.2) is 0 Å². The average molecular weight is 230 g/mol. The first kappa shape index (κ1) is 10.1. The summed E-state index contributed by atoms with van der Waals surface area (Å²) in [7, 11) is -2.88. The van der Waals surface area contributed by atoms with Crippen molar-refractivity contribution in [2.45, 2.75) is 61.0 Å². The molecule has 0 aromatic heterocycles. The minimum absolute atomic E-state index is 0.236. The molecule has 0 aromatic rings. The predicted molar refractivity (Wildman–Crippen MR) is 57.3 cm³/mol. The maximum Gasteiger partial charge on any atom is 0.156 e. The highest BCUT2D eigenvalue weighted by atomic mass is 32.2. The maximum atomic E-state index is 11.9. The largest absolute Gasteiger partial charge is 0.390 e. The van der Waals surface area contributed by atoms with E-state index in [0.29, 0.717) is 18.8 Å². The van der Waals surface area contributed by atoms with Gasteiger partial charge in [0.15, 0.2) is 9.84 Å². The molecule has 0 radical (unpaired) electrons. The van der Waals surface area contributed by atoms with Crippen molar-refractivity contribution in [3.63, 3.8) is 0 Å². The summed E-state index contributed by atoms with van der Waals surface area (Å²) in [5, 5.41) is 9.96. The molecule has 15 heavy (non-hydrogen) atoms. The van der Waals surface area contributed by atoms with Gasteiger partial charge in [0.1, 0.15) is 0 Å². The van der Waals surface area contributed by atoms with E-state index < -0.39 is 15.4 Å². The van der Waals surface area contributed by atoms with Gasteiger partial charge in [0.2, 0.25) is 0 Å². The van der Waals surface area contributed by atoms with Crippen molar-refractivity contribution in [1.29, 1.82) is 0 Å². The second-order valence-electron chi connectivity index (χ2n) is 5.69. The number of sulfone groups is 1. The van der Waals surface area contributed by atoms with Crippen LogP contribution in [0.5, 0.6) is 0 Å². The summed E-state index contributed by atoms with van der Waals surface area (Å²) in [5.74, 6) is 0.676. The number of hydrogen-bond donors (Lipinski definition) is 1. The lowest BCUT2D eigenvalue weighted by atomic mass is 9.88. The molecule has 4 heteroatoms. The molecule has 2 aliphatic heterocycles. The van der Waals surface area contributed by atoms with Gasteiger partial charge in [-0.15, -0.1) is 0 Å². The fourth-order valence-corrected chi connectivity index (χ4v) is 5.92. The quantitative estimate of drug-likeness (QED) is 0.777. The van der Waals surface area contributed by atoms with Gasteiger partial charge in [-0.3, -0.25) is 0 Å². The molecule has 0 aromatic carbocycles. The molecular weight excluding hydrogens is 212 g/mol. The van der Waals surface area contributed by atoms with E-state index >= 15 is 0 Å². The Bertz CT molecular complexity index is 349. The van der Waals surface area contributed by atoms with Crippen molar-refractivity contribution < 1.29 is 13.5 Å². The summed E-state index contributed by atoms with van der Waals surface area (Å²) in [4.78, 5) is 0. The molecule has 3 nitrogen and oxygen atoms in total. The van der Waals surface area contributed by atoms with E-state index in [1.165, 1.54) is 12.8 Å². The molecule has 1 aliphatic carbocycles. The Hall–Kier alpha value is -0.0900. The van der Waals surface area contributed by atoms with Crippen LogP contribution in [-0.4, -0.2) is 29.6 Å². The van der Waals surface area contributed by atoms with Crippen LogP contribution in [0, 0.1) is 5.92 Å². The molecule has 86 valence electrons. The van der Waals surface area contributed by atoms with Crippen molar-refractivity contribution in [1.82, 2.24) is 0 Å². The third-order valence-electron chi connectivity index (χ3n) is 4.32. The number of rotatable bonds is 2. The minimum Gasteiger partial charge on any atom is -0.390 e. The number of hydrogen-bond acceptors (Lipinski definition) is 3. The molecule has 0 amide bonds. The third kappa shape index (κ3) is 1.62. The smallest absolute Gasteiger partial charge is 0.156 e. The molecule has 2 unspecified atom stereocenters. The van der Waals surface area contributed by atoms with E-state index in [2.05, 4.69) is 0 Å². The van der Waals surface area contributed by atoms with E-state index in [-0.39, 0.29) is 10.5 Å². The van der Waals surface area contributed by atoms with Crippen LogP contribution in [-0.2, 0) is 9.84 Å². The van der Waals surface area contributed by atoms with Crippen molar-refractivity contribution in [3.8, 4) is 0 Å². The molecular formula is C11H18O3S. The molecule has 1 N–H and O–H groups in total.